The Morgan fingerprint density at radius 2 is 1.88 bits per heavy atom. The molecule has 0 bridgehead atoms. The number of anilines is 2. The van der Waals surface area contributed by atoms with E-state index in [9.17, 15) is 4.79 Å². The summed E-state index contributed by atoms with van der Waals surface area (Å²) in [6.45, 7) is 11.4. The van der Waals surface area contributed by atoms with Gasteiger partial charge >= 0.3 is 0 Å². The van der Waals surface area contributed by atoms with Crippen LogP contribution in [-0.2, 0) is 0 Å². The first kappa shape index (κ1) is 18.3. The van der Waals surface area contributed by atoms with Crippen LogP contribution in [0.1, 0.15) is 42.7 Å². The summed E-state index contributed by atoms with van der Waals surface area (Å²) < 4.78 is 0. The van der Waals surface area contributed by atoms with Crippen LogP contribution in [-0.4, -0.2) is 53.5 Å². The second-order valence-electron chi connectivity index (χ2n) is 6.88. The molecule has 2 heterocycles. The molecular formula is C20H27N5O. The number of hydrogen-bond donors (Lipinski definition) is 1. The first-order valence-electron chi connectivity index (χ1n) is 9.28. The topological polar surface area (TPSA) is 61.4 Å². The van der Waals surface area contributed by atoms with Crippen molar-refractivity contribution in [1.29, 1.82) is 0 Å². The lowest BCUT2D eigenvalue weighted by Gasteiger charge is -2.34. The SMILES string of the molecule is CCN1CCN(c2cc(C(=O)Nc3ccccc3C(C)C)ncn2)CC1. The molecule has 3 rings (SSSR count). The van der Waals surface area contributed by atoms with Gasteiger partial charge in [0.05, 0.1) is 0 Å². The van der Waals surface area contributed by atoms with Gasteiger partial charge in [-0.15, -0.1) is 0 Å². The Morgan fingerprint density at radius 1 is 1.15 bits per heavy atom. The maximum Gasteiger partial charge on any atom is 0.274 e. The van der Waals surface area contributed by atoms with Crippen molar-refractivity contribution in [2.75, 3.05) is 42.9 Å². The van der Waals surface area contributed by atoms with Gasteiger partial charge in [0.15, 0.2) is 0 Å². The lowest BCUT2D eigenvalue weighted by Crippen LogP contribution is -2.46. The van der Waals surface area contributed by atoms with E-state index in [1.807, 2.05) is 24.3 Å². The fourth-order valence-corrected chi connectivity index (χ4v) is 3.24. The van der Waals surface area contributed by atoms with Crippen molar-refractivity contribution < 1.29 is 4.79 Å². The zero-order valence-corrected chi connectivity index (χ0v) is 15.8. The molecule has 6 heteroatoms. The number of para-hydroxylation sites is 1. The first-order chi connectivity index (χ1) is 12.6. The van der Waals surface area contributed by atoms with Gasteiger partial charge in [-0.2, -0.15) is 0 Å². The summed E-state index contributed by atoms with van der Waals surface area (Å²) in [5.74, 6) is 0.953. The largest absolute Gasteiger partial charge is 0.354 e. The van der Waals surface area contributed by atoms with Gasteiger partial charge in [-0.3, -0.25) is 4.79 Å². The van der Waals surface area contributed by atoms with Crippen molar-refractivity contribution in [2.45, 2.75) is 26.7 Å². The van der Waals surface area contributed by atoms with E-state index < -0.39 is 0 Å². The summed E-state index contributed by atoms with van der Waals surface area (Å²) >= 11 is 0. The highest BCUT2D eigenvalue weighted by atomic mass is 16.1. The van der Waals surface area contributed by atoms with Crippen LogP contribution >= 0.6 is 0 Å². The van der Waals surface area contributed by atoms with Crippen LogP contribution in [0.4, 0.5) is 11.5 Å². The molecule has 0 atom stereocenters. The van der Waals surface area contributed by atoms with Gasteiger partial charge < -0.3 is 15.1 Å². The Bertz CT molecular complexity index is 753. The third-order valence-electron chi connectivity index (χ3n) is 4.86. The molecule has 1 aliphatic heterocycles. The van der Waals surface area contributed by atoms with Gasteiger partial charge in [0.1, 0.15) is 17.8 Å². The standard InChI is InChI=1S/C20H27N5O/c1-4-24-9-11-25(12-10-24)19-13-18(21-14-22-19)20(26)23-17-8-6-5-7-16(17)15(2)3/h5-8,13-15H,4,9-12H2,1-3H3,(H,23,26). The predicted octanol–water partition coefficient (Wildman–Crippen LogP) is 2.99. The second-order valence-corrected chi connectivity index (χ2v) is 6.88. The van der Waals surface area contributed by atoms with E-state index in [2.05, 4.69) is 45.9 Å². The molecule has 1 N–H and O–H groups in total. The molecule has 1 amide bonds. The van der Waals surface area contributed by atoms with Crippen LogP contribution in [0.2, 0.25) is 0 Å². The Hall–Kier alpha value is -2.47. The van der Waals surface area contributed by atoms with E-state index in [0.29, 0.717) is 11.6 Å². The summed E-state index contributed by atoms with van der Waals surface area (Å²) in [5.41, 5.74) is 2.35. The van der Waals surface area contributed by atoms with E-state index in [-0.39, 0.29) is 5.91 Å². The number of carbonyl (C=O) groups is 1. The molecule has 6 nitrogen and oxygen atoms in total. The van der Waals surface area contributed by atoms with Gasteiger partial charge in [-0.25, -0.2) is 9.97 Å². The number of amides is 1. The summed E-state index contributed by atoms with van der Waals surface area (Å²) in [7, 11) is 0. The van der Waals surface area contributed by atoms with Crippen molar-refractivity contribution in [1.82, 2.24) is 14.9 Å². The van der Waals surface area contributed by atoms with Crippen molar-refractivity contribution >= 4 is 17.4 Å². The van der Waals surface area contributed by atoms with Crippen LogP contribution in [0.5, 0.6) is 0 Å². The van der Waals surface area contributed by atoms with Crippen LogP contribution in [0, 0.1) is 0 Å². The molecule has 1 aliphatic rings. The highest BCUT2D eigenvalue weighted by Crippen LogP contribution is 2.24. The number of carbonyl (C=O) groups excluding carboxylic acids is 1. The van der Waals surface area contributed by atoms with Gasteiger partial charge in [0.2, 0.25) is 0 Å². The van der Waals surface area contributed by atoms with Gasteiger partial charge in [-0.05, 0) is 24.1 Å². The highest BCUT2D eigenvalue weighted by molar-refractivity contribution is 6.03. The Morgan fingerprint density at radius 3 is 2.58 bits per heavy atom. The Kier molecular flexibility index (Phi) is 5.83. The average molecular weight is 353 g/mol. The van der Waals surface area contributed by atoms with Crippen molar-refractivity contribution in [3.05, 3.63) is 47.9 Å². The van der Waals surface area contributed by atoms with Crippen molar-refractivity contribution in [2.24, 2.45) is 0 Å². The number of benzene rings is 1. The van der Waals surface area contributed by atoms with Crippen molar-refractivity contribution in [3.8, 4) is 0 Å². The number of nitrogens with one attached hydrogen (secondary N) is 1. The molecular weight excluding hydrogens is 326 g/mol. The van der Waals surface area contributed by atoms with Crippen LogP contribution in [0.25, 0.3) is 0 Å². The van der Waals surface area contributed by atoms with E-state index in [1.54, 1.807) is 6.07 Å². The van der Waals surface area contributed by atoms with Gasteiger partial charge in [-0.1, -0.05) is 39.0 Å². The van der Waals surface area contributed by atoms with Gasteiger partial charge in [0, 0.05) is 37.9 Å². The summed E-state index contributed by atoms with van der Waals surface area (Å²) in [5, 5.41) is 3.00. The number of rotatable bonds is 5. The third kappa shape index (κ3) is 4.19. The maximum absolute atomic E-state index is 12.7. The normalized spacial score (nSPS) is 15.3. The van der Waals surface area contributed by atoms with E-state index >= 15 is 0 Å². The van der Waals surface area contributed by atoms with E-state index in [4.69, 9.17) is 0 Å². The zero-order valence-electron chi connectivity index (χ0n) is 15.8. The molecule has 1 aromatic heterocycles. The minimum Gasteiger partial charge on any atom is -0.354 e. The molecule has 1 fully saturated rings. The number of nitrogens with zero attached hydrogens (tertiary/aromatic N) is 4. The quantitative estimate of drug-likeness (QED) is 0.895. The lowest BCUT2D eigenvalue weighted by molar-refractivity contribution is 0.102. The minimum absolute atomic E-state index is 0.200. The van der Waals surface area contributed by atoms with Crippen molar-refractivity contribution in [3.63, 3.8) is 0 Å². The number of hydrogen-bond acceptors (Lipinski definition) is 5. The summed E-state index contributed by atoms with van der Waals surface area (Å²) in [6.07, 6.45) is 1.48. The molecule has 1 saturated heterocycles. The van der Waals surface area contributed by atoms with Crippen LogP contribution in [0.3, 0.4) is 0 Å². The smallest absolute Gasteiger partial charge is 0.274 e. The molecule has 138 valence electrons. The molecule has 0 radical (unpaired) electrons. The number of piperazine rings is 1. The average Bonchev–Trinajstić information content (AvgIpc) is 2.68. The molecule has 0 saturated carbocycles. The summed E-state index contributed by atoms with van der Waals surface area (Å²) in [6, 6.07) is 9.68. The van der Waals surface area contributed by atoms with Crippen LogP contribution in [0.15, 0.2) is 36.7 Å². The highest BCUT2D eigenvalue weighted by Gasteiger charge is 2.19. The maximum atomic E-state index is 12.7. The molecule has 0 unspecified atom stereocenters. The molecule has 0 spiro atoms. The Labute approximate surface area is 155 Å². The minimum atomic E-state index is -0.200. The lowest BCUT2D eigenvalue weighted by atomic mass is 10.0. The second kappa shape index (κ2) is 8.27. The molecule has 0 aliphatic carbocycles. The summed E-state index contributed by atoms with van der Waals surface area (Å²) in [4.78, 5) is 25.9. The first-order valence-corrected chi connectivity index (χ1v) is 9.28. The number of likely N-dealkylation sites (N-methyl/N-ethyl adjacent to an activating group) is 1. The fourth-order valence-electron chi connectivity index (χ4n) is 3.24. The van der Waals surface area contributed by atoms with E-state index in [1.165, 1.54) is 6.33 Å². The third-order valence-corrected chi connectivity index (χ3v) is 4.86. The van der Waals surface area contributed by atoms with Crippen LogP contribution < -0.4 is 10.2 Å². The predicted molar refractivity (Wildman–Crippen MR) is 105 cm³/mol. The van der Waals surface area contributed by atoms with E-state index in [0.717, 1.165) is 49.8 Å². The Balaban J connectivity index is 1.73. The number of aromatic nitrogens is 2. The zero-order chi connectivity index (χ0) is 18.5. The van der Waals surface area contributed by atoms with Gasteiger partial charge in [0.25, 0.3) is 5.91 Å². The fraction of sp³-hybridized carbons (Fsp3) is 0.450. The molecule has 1 aromatic carbocycles. The molecule has 26 heavy (non-hydrogen) atoms. The monoisotopic (exact) mass is 353 g/mol. The molecule has 2 aromatic rings.